The van der Waals surface area contributed by atoms with Crippen molar-refractivity contribution in [1.82, 2.24) is 14.5 Å². The van der Waals surface area contributed by atoms with Crippen LogP contribution >= 0.6 is 0 Å². The van der Waals surface area contributed by atoms with Gasteiger partial charge in [-0.3, -0.25) is 5.10 Å². The van der Waals surface area contributed by atoms with Crippen molar-refractivity contribution in [2.45, 2.75) is 24.4 Å². The van der Waals surface area contributed by atoms with Crippen LogP contribution in [0.2, 0.25) is 0 Å². The fraction of sp³-hybridized carbons (Fsp3) is 0.556. The van der Waals surface area contributed by atoms with E-state index in [1.807, 2.05) is 0 Å². The standard InChI is InChI=1S/C9H12F3N3O4S/c1-5-7(6(8(16)17)14-13-5)20(18,19)15(2)4-3-9(10,11)12/h3-4H2,1-2H3,(H,13,14)(H,16,17). The van der Waals surface area contributed by atoms with Crippen LogP contribution in [-0.2, 0) is 10.0 Å². The lowest BCUT2D eigenvalue weighted by molar-refractivity contribution is -0.135. The second kappa shape index (κ2) is 5.40. The van der Waals surface area contributed by atoms with Gasteiger partial charge in [-0.2, -0.15) is 18.3 Å². The number of sulfonamides is 1. The van der Waals surface area contributed by atoms with E-state index in [4.69, 9.17) is 5.11 Å². The van der Waals surface area contributed by atoms with E-state index < -0.39 is 45.7 Å². The molecule has 1 rings (SSSR count). The van der Waals surface area contributed by atoms with Crippen LogP contribution in [0.15, 0.2) is 4.90 Å². The van der Waals surface area contributed by atoms with Crippen LogP contribution in [0.3, 0.4) is 0 Å². The Labute approximate surface area is 112 Å². The maximum atomic E-state index is 12.1. The van der Waals surface area contributed by atoms with Crippen molar-refractivity contribution in [3.05, 3.63) is 11.4 Å². The molecule has 7 nitrogen and oxygen atoms in total. The van der Waals surface area contributed by atoms with Gasteiger partial charge in [-0.1, -0.05) is 0 Å². The highest BCUT2D eigenvalue weighted by Crippen LogP contribution is 2.24. The van der Waals surface area contributed by atoms with E-state index >= 15 is 0 Å². The summed E-state index contributed by atoms with van der Waals surface area (Å²) in [6.45, 7) is 0.458. The van der Waals surface area contributed by atoms with Crippen LogP contribution in [0, 0.1) is 6.92 Å². The normalized spacial score (nSPS) is 12.9. The molecule has 0 atom stereocenters. The first-order chi connectivity index (χ1) is 8.97. The minimum atomic E-state index is -4.51. The van der Waals surface area contributed by atoms with Crippen molar-refractivity contribution < 1.29 is 31.5 Å². The number of carbonyl (C=O) groups is 1. The van der Waals surface area contributed by atoms with E-state index in [-0.39, 0.29) is 5.69 Å². The molecule has 114 valence electrons. The van der Waals surface area contributed by atoms with Crippen molar-refractivity contribution in [1.29, 1.82) is 0 Å². The topological polar surface area (TPSA) is 103 Å². The van der Waals surface area contributed by atoms with Gasteiger partial charge in [0.2, 0.25) is 10.0 Å². The van der Waals surface area contributed by atoms with Crippen LogP contribution < -0.4 is 0 Å². The number of alkyl halides is 3. The monoisotopic (exact) mass is 315 g/mol. The van der Waals surface area contributed by atoms with E-state index in [1.54, 1.807) is 0 Å². The average molecular weight is 315 g/mol. The summed E-state index contributed by atoms with van der Waals surface area (Å²) in [5, 5.41) is 14.4. The van der Waals surface area contributed by atoms with Crippen molar-refractivity contribution in [3.63, 3.8) is 0 Å². The fourth-order valence-corrected chi connectivity index (χ4v) is 2.89. The molecule has 0 spiro atoms. The third kappa shape index (κ3) is 3.48. The summed E-state index contributed by atoms with van der Waals surface area (Å²) >= 11 is 0. The van der Waals surface area contributed by atoms with Gasteiger partial charge in [0.15, 0.2) is 5.69 Å². The molecule has 0 bridgehead atoms. The number of aromatic carboxylic acids is 1. The predicted molar refractivity (Wildman–Crippen MR) is 60.8 cm³/mol. The molecular formula is C9H12F3N3O4S. The summed E-state index contributed by atoms with van der Waals surface area (Å²) in [7, 11) is -3.42. The van der Waals surface area contributed by atoms with Gasteiger partial charge in [-0.25, -0.2) is 17.5 Å². The quantitative estimate of drug-likeness (QED) is 0.843. The Bertz CT molecular complexity index is 608. The van der Waals surface area contributed by atoms with Gasteiger partial charge >= 0.3 is 12.1 Å². The van der Waals surface area contributed by atoms with Crippen molar-refractivity contribution >= 4 is 16.0 Å². The molecule has 0 aliphatic rings. The van der Waals surface area contributed by atoms with Gasteiger partial charge in [0.25, 0.3) is 0 Å². The molecule has 1 heterocycles. The van der Waals surface area contributed by atoms with E-state index in [9.17, 15) is 26.4 Å². The third-order valence-corrected chi connectivity index (χ3v) is 4.49. The Balaban J connectivity index is 3.11. The molecule has 0 fully saturated rings. The summed E-state index contributed by atoms with van der Waals surface area (Å²) in [5.74, 6) is -1.59. The number of aromatic amines is 1. The predicted octanol–water partition coefficient (Wildman–Crippen LogP) is 0.989. The average Bonchev–Trinajstić information content (AvgIpc) is 2.67. The minimum absolute atomic E-state index is 0.0544. The summed E-state index contributed by atoms with van der Waals surface area (Å²) in [6, 6.07) is 0. The van der Waals surface area contributed by atoms with Gasteiger partial charge < -0.3 is 5.11 Å². The lowest BCUT2D eigenvalue weighted by Gasteiger charge is -2.18. The molecule has 0 aliphatic heterocycles. The molecule has 0 saturated carbocycles. The summed E-state index contributed by atoms with van der Waals surface area (Å²) < 4.78 is 60.9. The van der Waals surface area contributed by atoms with E-state index in [2.05, 4.69) is 10.2 Å². The molecule has 0 radical (unpaired) electrons. The Hall–Kier alpha value is -1.62. The number of rotatable bonds is 5. The number of nitrogens with one attached hydrogen (secondary N) is 1. The molecule has 20 heavy (non-hydrogen) atoms. The van der Waals surface area contributed by atoms with Gasteiger partial charge in [0.1, 0.15) is 4.90 Å². The smallest absolute Gasteiger partial charge is 0.390 e. The zero-order valence-electron chi connectivity index (χ0n) is 10.5. The van der Waals surface area contributed by atoms with Crippen molar-refractivity contribution in [2.75, 3.05) is 13.6 Å². The Morgan fingerprint density at radius 2 is 2.00 bits per heavy atom. The number of carboxylic acid groups (broad SMARTS) is 1. The van der Waals surface area contributed by atoms with Crippen LogP contribution in [-0.4, -0.2) is 53.8 Å². The zero-order valence-corrected chi connectivity index (χ0v) is 11.3. The van der Waals surface area contributed by atoms with Gasteiger partial charge in [0, 0.05) is 13.6 Å². The summed E-state index contributed by atoms with van der Waals surface area (Å²) in [4.78, 5) is 10.2. The van der Waals surface area contributed by atoms with Crippen molar-refractivity contribution in [2.24, 2.45) is 0 Å². The number of hydrogen-bond acceptors (Lipinski definition) is 4. The zero-order chi connectivity index (χ0) is 15.7. The van der Waals surface area contributed by atoms with Crippen LogP contribution in [0.1, 0.15) is 22.6 Å². The number of hydrogen-bond donors (Lipinski definition) is 2. The SMILES string of the molecule is Cc1[nH]nc(C(=O)O)c1S(=O)(=O)N(C)CCC(F)(F)F. The van der Waals surface area contributed by atoms with E-state index in [0.29, 0.717) is 4.31 Å². The Morgan fingerprint density at radius 1 is 1.45 bits per heavy atom. The Morgan fingerprint density at radius 3 is 2.45 bits per heavy atom. The molecule has 1 aromatic rings. The van der Waals surface area contributed by atoms with E-state index in [1.165, 1.54) is 6.92 Å². The highest BCUT2D eigenvalue weighted by Gasteiger charge is 2.34. The highest BCUT2D eigenvalue weighted by molar-refractivity contribution is 7.89. The fourth-order valence-electron chi connectivity index (χ4n) is 1.44. The summed E-state index contributed by atoms with van der Waals surface area (Å²) in [5.41, 5.74) is -0.803. The first-order valence-corrected chi connectivity index (χ1v) is 6.72. The molecule has 0 saturated heterocycles. The maximum Gasteiger partial charge on any atom is 0.390 e. The second-order valence-electron chi connectivity index (χ2n) is 4.02. The lowest BCUT2D eigenvalue weighted by atomic mass is 10.4. The van der Waals surface area contributed by atoms with Gasteiger partial charge in [-0.15, -0.1) is 0 Å². The number of H-pyrrole nitrogens is 1. The van der Waals surface area contributed by atoms with Gasteiger partial charge in [0.05, 0.1) is 12.1 Å². The Kier molecular flexibility index (Phi) is 4.44. The van der Waals surface area contributed by atoms with Crippen LogP contribution in [0.25, 0.3) is 0 Å². The largest absolute Gasteiger partial charge is 0.476 e. The molecule has 0 amide bonds. The lowest BCUT2D eigenvalue weighted by Crippen LogP contribution is -2.31. The first-order valence-electron chi connectivity index (χ1n) is 5.28. The molecule has 11 heteroatoms. The molecule has 2 N–H and O–H groups in total. The van der Waals surface area contributed by atoms with E-state index in [0.717, 1.165) is 7.05 Å². The van der Waals surface area contributed by atoms with Crippen LogP contribution in [0.5, 0.6) is 0 Å². The number of aromatic nitrogens is 2. The van der Waals surface area contributed by atoms with Crippen molar-refractivity contribution in [3.8, 4) is 0 Å². The first kappa shape index (κ1) is 16.4. The molecule has 1 aromatic heterocycles. The maximum absolute atomic E-state index is 12.1. The highest BCUT2D eigenvalue weighted by atomic mass is 32.2. The molecule has 0 aliphatic carbocycles. The summed E-state index contributed by atoms with van der Waals surface area (Å²) in [6.07, 6.45) is -5.84. The number of carboxylic acids is 1. The number of halogens is 3. The second-order valence-corrected chi connectivity index (χ2v) is 6.00. The van der Waals surface area contributed by atoms with Crippen LogP contribution in [0.4, 0.5) is 13.2 Å². The third-order valence-electron chi connectivity index (χ3n) is 2.47. The number of nitrogens with zero attached hydrogens (tertiary/aromatic N) is 2. The molecule has 0 unspecified atom stereocenters. The van der Waals surface area contributed by atoms with Gasteiger partial charge in [-0.05, 0) is 6.92 Å². The minimum Gasteiger partial charge on any atom is -0.476 e. The molecule has 0 aromatic carbocycles. The number of aryl methyl sites for hydroxylation is 1. The molecular weight excluding hydrogens is 303 g/mol.